The summed E-state index contributed by atoms with van der Waals surface area (Å²) < 4.78 is 4.56. The van der Waals surface area contributed by atoms with Gasteiger partial charge >= 0.3 is 5.97 Å². The summed E-state index contributed by atoms with van der Waals surface area (Å²) in [4.78, 5) is 20.3. The van der Waals surface area contributed by atoms with Crippen LogP contribution in [0, 0.1) is 0 Å². The van der Waals surface area contributed by atoms with Crippen LogP contribution in [0.2, 0.25) is 0 Å². The molecule has 13 heavy (non-hydrogen) atoms. The maximum absolute atomic E-state index is 11.0. The molecule has 1 aliphatic rings. The topological polar surface area (TPSA) is 56.8 Å². The highest BCUT2D eigenvalue weighted by atomic mass is 35.5. The van der Waals surface area contributed by atoms with Gasteiger partial charge in [-0.2, -0.15) is 0 Å². The molecular formula is C7H14ClNO4. The molecule has 0 saturated carbocycles. The first-order chi connectivity index (χ1) is 5.77. The molecule has 0 aromatic carbocycles. The Balaban J connectivity index is 0.00000144. The third kappa shape index (κ3) is 3.48. The van der Waals surface area contributed by atoms with Crippen molar-refractivity contribution in [2.45, 2.75) is 18.6 Å². The van der Waals surface area contributed by atoms with E-state index in [4.69, 9.17) is 4.89 Å². The normalized spacial score (nSPS) is 26.6. The van der Waals surface area contributed by atoms with Crippen molar-refractivity contribution in [2.75, 3.05) is 20.8 Å². The second kappa shape index (κ2) is 6.15. The van der Waals surface area contributed by atoms with Crippen molar-refractivity contribution in [2.24, 2.45) is 0 Å². The summed E-state index contributed by atoms with van der Waals surface area (Å²) in [5, 5.41) is 2.96. The van der Waals surface area contributed by atoms with Gasteiger partial charge in [-0.05, 0) is 0 Å². The molecule has 0 radical (unpaired) electrons. The van der Waals surface area contributed by atoms with Crippen LogP contribution < -0.4 is 5.32 Å². The Morgan fingerprint density at radius 3 is 2.69 bits per heavy atom. The average Bonchev–Trinajstić information content (AvgIpc) is 2.52. The van der Waals surface area contributed by atoms with Crippen molar-refractivity contribution in [3.63, 3.8) is 0 Å². The Morgan fingerprint density at radius 1 is 1.46 bits per heavy atom. The minimum atomic E-state index is -0.254. The Morgan fingerprint density at radius 2 is 2.15 bits per heavy atom. The minimum Gasteiger partial charge on any atom is -0.468 e. The zero-order chi connectivity index (χ0) is 8.97. The fourth-order valence-electron chi connectivity index (χ4n) is 1.23. The molecule has 1 saturated heterocycles. The van der Waals surface area contributed by atoms with Crippen LogP contribution in [-0.2, 0) is 19.3 Å². The molecule has 1 N–H and O–H groups in total. The van der Waals surface area contributed by atoms with Gasteiger partial charge in [0.15, 0.2) is 0 Å². The van der Waals surface area contributed by atoms with Gasteiger partial charge in [-0.15, -0.1) is 12.4 Å². The van der Waals surface area contributed by atoms with Crippen LogP contribution in [0.5, 0.6) is 0 Å². The van der Waals surface area contributed by atoms with E-state index in [1.807, 2.05) is 0 Å². The van der Waals surface area contributed by atoms with Crippen molar-refractivity contribution in [3.05, 3.63) is 0 Å². The van der Waals surface area contributed by atoms with Crippen molar-refractivity contribution >= 4 is 18.4 Å². The number of carbonyl (C=O) groups excluding carboxylic acids is 1. The molecule has 0 aromatic rings. The molecule has 2 atom stereocenters. The molecule has 0 bridgehead atoms. The minimum absolute atomic E-state index is 0. The zero-order valence-electron chi connectivity index (χ0n) is 7.61. The number of hydrogen-bond donors (Lipinski definition) is 1. The standard InChI is InChI=1S/C7H13NO4.ClH/c1-10-7(9)6-3-5(4-8-6)12-11-2;/h5-6,8H,3-4H2,1-2H3;1H. The summed E-state index contributed by atoms with van der Waals surface area (Å²) in [6.07, 6.45) is 0.541. The van der Waals surface area contributed by atoms with E-state index >= 15 is 0 Å². The van der Waals surface area contributed by atoms with E-state index in [0.29, 0.717) is 13.0 Å². The number of nitrogens with one attached hydrogen (secondary N) is 1. The molecule has 0 spiro atoms. The second-order valence-corrected chi connectivity index (χ2v) is 2.60. The second-order valence-electron chi connectivity index (χ2n) is 2.60. The molecule has 0 amide bonds. The molecule has 1 heterocycles. The number of esters is 1. The molecule has 5 nitrogen and oxygen atoms in total. The Hall–Kier alpha value is -0.360. The van der Waals surface area contributed by atoms with Gasteiger partial charge in [0.2, 0.25) is 0 Å². The Labute approximate surface area is 83.1 Å². The van der Waals surface area contributed by atoms with Crippen molar-refractivity contribution in [3.8, 4) is 0 Å². The molecular weight excluding hydrogens is 198 g/mol. The molecule has 1 fully saturated rings. The number of methoxy groups -OCH3 is 1. The fraction of sp³-hybridized carbons (Fsp3) is 0.857. The van der Waals surface area contributed by atoms with E-state index in [9.17, 15) is 4.79 Å². The van der Waals surface area contributed by atoms with Gasteiger partial charge in [0.1, 0.15) is 12.1 Å². The summed E-state index contributed by atoms with van der Waals surface area (Å²) in [5.41, 5.74) is 0. The smallest absolute Gasteiger partial charge is 0.322 e. The van der Waals surface area contributed by atoms with Crippen LogP contribution in [0.3, 0.4) is 0 Å². The molecule has 0 aliphatic carbocycles. The lowest BCUT2D eigenvalue weighted by molar-refractivity contribution is -0.300. The number of rotatable bonds is 3. The van der Waals surface area contributed by atoms with Crippen LogP contribution in [0.4, 0.5) is 0 Å². The van der Waals surface area contributed by atoms with Gasteiger partial charge in [-0.1, -0.05) is 0 Å². The predicted molar refractivity (Wildman–Crippen MR) is 47.6 cm³/mol. The quantitative estimate of drug-likeness (QED) is 0.401. The SMILES string of the molecule is COOC1CNC(C(=O)OC)C1.Cl. The van der Waals surface area contributed by atoms with Crippen LogP contribution in [-0.4, -0.2) is 38.9 Å². The maximum Gasteiger partial charge on any atom is 0.322 e. The van der Waals surface area contributed by atoms with Gasteiger partial charge in [0, 0.05) is 13.0 Å². The lowest BCUT2D eigenvalue weighted by Crippen LogP contribution is -2.31. The van der Waals surface area contributed by atoms with Gasteiger partial charge in [0.05, 0.1) is 14.2 Å². The molecule has 78 valence electrons. The van der Waals surface area contributed by atoms with Crippen LogP contribution >= 0.6 is 12.4 Å². The maximum atomic E-state index is 11.0. The van der Waals surface area contributed by atoms with Crippen molar-refractivity contribution < 1.29 is 19.3 Å². The predicted octanol–water partition coefficient (Wildman–Crippen LogP) is -0.110. The molecule has 1 rings (SSSR count). The van der Waals surface area contributed by atoms with Gasteiger partial charge in [-0.25, -0.2) is 9.78 Å². The molecule has 2 unspecified atom stereocenters. The number of hydrogen-bond acceptors (Lipinski definition) is 5. The van der Waals surface area contributed by atoms with E-state index in [-0.39, 0.29) is 30.5 Å². The van der Waals surface area contributed by atoms with Crippen molar-refractivity contribution in [1.29, 1.82) is 0 Å². The summed E-state index contributed by atoms with van der Waals surface area (Å²) >= 11 is 0. The third-order valence-electron chi connectivity index (χ3n) is 1.81. The number of halogens is 1. The van der Waals surface area contributed by atoms with E-state index in [2.05, 4.69) is 14.9 Å². The van der Waals surface area contributed by atoms with E-state index < -0.39 is 0 Å². The fourth-order valence-corrected chi connectivity index (χ4v) is 1.23. The van der Waals surface area contributed by atoms with E-state index in [1.54, 1.807) is 0 Å². The highest BCUT2D eigenvalue weighted by Gasteiger charge is 2.31. The third-order valence-corrected chi connectivity index (χ3v) is 1.81. The highest BCUT2D eigenvalue weighted by molar-refractivity contribution is 5.85. The van der Waals surface area contributed by atoms with Gasteiger partial charge in [0.25, 0.3) is 0 Å². The molecule has 1 aliphatic heterocycles. The first-order valence-electron chi connectivity index (χ1n) is 3.78. The monoisotopic (exact) mass is 211 g/mol. The zero-order valence-corrected chi connectivity index (χ0v) is 8.43. The summed E-state index contributed by atoms with van der Waals surface area (Å²) in [6.45, 7) is 0.619. The van der Waals surface area contributed by atoms with E-state index in [0.717, 1.165) is 0 Å². The summed E-state index contributed by atoms with van der Waals surface area (Å²) in [6, 6.07) is -0.254. The average molecular weight is 212 g/mol. The van der Waals surface area contributed by atoms with Crippen molar-refractivity contribution in [1.82, 2.24) is 5.32 Å². The Bertz CT molecular complexity index is 167. The summed E-state index contributed by atoms with van der Waals surface area (Å²) in [5.74, 6) is -0.253. The molecule has 0 aromatic heterocycles. The lowest BCUT2D eigenvalue weighted by Gasteiger charge is -2.06. The first-order valence-corrected chi connectivity index (χ1v) is 3.78. The molecule has 6 heteroatoms. The lowest BCUT2D eigenvalue weighted by atomic mass is 10.2. The van der Waals surface area contributed by atoms with Crippen LogP contribution in [0.15, 0.2) is 0 Å². The Kier molecular flexibility index (Phi) is 5.98. The number of ether oxygens (including phenoxy) is 1. The summed E-state index contributed by atoms with van der Waals surface area (Å²) in [7, 11) is 2.82. The number of carbonyl (C=O) groups is 1. The first kappa shape index (κ1) is 12.6. The van der Waals surface area contributed by atoms with Gasteiger partial charge in [-0.3, -0.25) is 4.79 Å². The highest BCUT2D eigenvalue weighted by Crippen LogP contribution is 2.11. The largest absolute Gasteiger partial charge is 0.468 e. The van der Waals surface area contributed by atoms with Crippen LogP contribution in [0.1, 0.15) is 6.42 Å². The van der Waals surface area contributed by atoms with E-state index in [1.165, 1.54) is 14.2 Å². The van der Waals surface area contributed by atoms with Crippen LogP contribution in [0.25, 0.3) is 0 Å². The van der Waals surface area contributed by atoms with Gasteiger partial charge < -0.3 is 10.1 Å².